The van der Waals surface area contributed by atoms with Crippen LogP contribution in [-0.2, 0) is 4.79 Å². The van der Waals surface area contributed by atoms with Gasteiger partial charge in [0.15, 0.2) is 11.9 Å². The number of rotatable bonds is 5. The van der Waals surface area contributed by atoms with Gasteiger partial charge in [0.2, 0.25) is 0 Å². The van der Waals surface area contributed by atoms with Crippen LogP contribution in [0, 0.1) is 5.82 Å². The number of thiophene rings is 1. The van der Waals surface area contributed by atoms with Gasteiger partial charge in [-0.25, -0.2) is 4.39 Å². The average Bonchev–Trinajstić information content (AvgIpc) is 3.20. The maximum atomic E-state index is 13.1. The number of halogens is 2. The van der Waals surface area contributed by atoms with E-state index >= 15 is 0 Å². The Hall–Kier alpha value is -2.19. The summed E-state index contributed by atoms with van der Waals surface area (Å²) >= 11 is 4.78. The molecule has 2 aromatic heterocycles. The summed E-state index contributed by atoms with van der Waals surface area (Å²) < 4.78 is 19.1. The first-order valence-electron chi connectivity index (χ1n) is 7.05. The predicted molar refractivity (Wildman–Crippen MR) is 94.7 cm³/mol. The van der Waals surface area contributed by atoms with E-state index in [1.165, 1.54) is 18.2 Å². The highest BCUT2D eigenvalue weighted by atomic mass is 79.9. The quantitative estimate of drug-likeness (QED) is 0.654. The fraction of sp³-hybridized carbons (Fsp3) is 0.125. The Balaban J connectivity index is 1.64. The van der Waals surface area contributed by atoms with Gasteiger partial charge in [0, 0.05) is 6.07 Å². The molecule has 2 N–H and O–H groups in total. The normalized spacial score (nSPS) is 12.0. The molecule has 0 saturated heterocycles. The number of H-pyrrole nitrogens is 1. The molecule has 124 valence electrons. The molecule has 24 heavy (non-hydrogen) atoms. The van der Waals surface area contributed by atoms with Gasteiger partial charge in [-0.05, 0) is 52.5 Å². The Bertz CT molecular complexity index is 851. The van der Waals surface area contributed by atoms with Crippen LogP contribution >= 0.6 is 27.3 Å². The molecule has 0 aliphatic carbocycles. The highest BCUT2D eigenvalue weighted by Gasteiger charge is 2.18. The number of aromatic nitrogens is 2. The molecular formula is C16H13BrFN3O2S. The minimum atomic E-state index is -0.770. The molecule has 0 radical (unpaired) electrons. The smallest absolute Gasteiger partial charge is 0.266 e. The van der Waals surface area contributed by atoms with Gasteiger partial charge in [0.25, 0.3) is 5.91 Å². The largest absolute Gasteiger partial charge is 0.480 e. The van der Waals surface area contributed by atoms with Crippen LogP contribution in [-0.4, -0.2) is 22.2 Å². The molecule has 5 nitrogen and oxygen atoms in total. The predicted octanol–water partition coefficient (Wildman–Crippen LogP) is 4.45. The van der Waals surface area contributed by atoms with Gasteiger partial charge < -0.3 is 10.1 Å². The molecule has 1 unspecified atom stereocenters. The van der Waals surface area contributed by atoms with Crippen molar-refractivity contribution in [2.45, 2.75) is 13.0 Å². The molecule has 1 amide bonds. The van der Waals surface area contributed by atoms with E-state index in [9.17, 15) is 9.18 Å². The molecule has 0 aliphatic heterocycles. The van der Waals surface area contributed by atoms with Crippen LogP contribution in [0.2, 0.25) is 0 Å². The third-order valence-corrected chi connectivity index (χ3v) is 4.71. The summed E-state index contributed by atoms with van der Waals surface area (Å²) in [7, 11) is 0. The topological polar surface area (TPSA) is 67.0 Å². The SMILES string of the molecule is CC(Oc1ccc(F)cc1Br)C(=O)Nc1cc(-c2cccs2)[nH]n1. The fourth-order valence-corrected chi connectivity index (χ4v) is 3.12. The summed E-state index contributed by atoms with van der Waals surface area (Å²) in [4.78, 5) is 13.2. The number of hydrogen-bond acceptors (Lipinski definition) is 4. The zero-order chi connectivity index (χ0) is 17.1. The maximum absolute atomic E-state index is 13.1. The summed E-state index contributed by atoms with van der Waals surface area (Å²) in [6.07, 6.45) is -0.770. The first-order valence-corrected chi connectivity index (χ1v) is 8.72. The van der Waals surface area contributed by atoms with Crippen molar-refractivity contribution in [1.82, 2.24) is 10.2 Å². The van der Waals surface area contributed by atoms with Crippen molar-refractivity contribution in [2.75, 3.05) is 5.32 Å². The number of aromatic amines is 1. The second kappa shape index (κ2) is 7.14. The van der Waals surface area contributed by atoms with E-state index in [-0.39, 0.29) is 11.7 Å². The molecule has 3 rings (SSSR count). The van der Waals surface area contributed by atoms with Crippen LogP contribution in [0.15, 0.2) is 46.3 Å². The molecule has 1 aromatic carbocycles. The number of amides is 1. The molecule has 0 bridgehead atoms. The minimum Gasteiger partial charge on any atom is -0.480 e. The molecule has 0 aliphatic rings. The van der Waals surface area contributed by atoms with E-state index in [0.717, 1.165) is 10.6 Å². The Morgan fingerprint density at radius 2 is 2.25 bits per heavy atom. The van der Waals surface area contributed by atoms with Crippen molar-refractivity contribution < 1.29 is 13.9 Å². The molecule has 1 atom stereocenters. The lowest BCUT2D eigenvalue weighted by atomic mass is 10.3. The highest BCUT2D eigenvalue weighted by Crippen LogP contribution is 2.27. The Kier molecular flexibility index (Phi) is 4.96. The van der Waals surface area contributed by atoms with Crippen LogP contribution in [0.3, 0.4) is 0 Å². The number of carbonyl (C=O) groups is 1. The summed E-state index contributed by atoms with van der Waals surface area (Å²) in [6, 6.07) is 9.67. The zero-order valence-electron chi connectivity index (χ0n) is 12.5. The number of carbonyl (C=O) groups excluding carboxylic acids is 1. The molecular weight excluding hydrogens is 397 g/mol. The van der Waals surface area contributed by atoms with Crippen LogP contribution in [0.25, 0.3) is 10.6 Å². The Morgan fingerprint density at radius 3 is 2.96 bits per heavy atom. The lowest BCUT2D eigenvalue weighted by Crippen LogP contribution is -2.30. The van der Waals surface area contributed by atoms with Crippen LogP contribution in [0.5, 0.6) is 5.75 Å². The molecule has 3 aromatic rings. The standard InChI is InChI=1S/C16H13BrFN3O2S/c1-9(23-13-5-4-10(18)7-11(13)17)16(22)19-15-8-12(20-21-15)14-3-2-6-24-14/h2-9H,1H3,(H2,19,20,21,22). The van der Waals surface area contributed by atoms with Crippen molar-refractivity contribution in [3.05, 3.63) is 52.1 Å². The van der Waals surface area contributed by atoms with Crippen molar-refractivity contribution in [3.63, 3.8) is 0 Å². The van der Waals surface area contributed by atoms with Crippen LogP contribution < -0.4 is 10.1 Å². The third-order valence-electron chi connectivity index (χ3n) is 3.18. The zero-order valence-corrected chi connectivity index (χ0v) is 14.9. The first kappa shape index (κ1) is 16.7. The summed E-state index contributed by atoms with van der Waals surface area (Å²) in [5.74, 6) is 0.0665. The third kappa shape index (κ3) is 3.82. The van der Waals surface area contributed by atoms with E-state index in [4.69, 9.17) is 4.74 Å². The summed E-state index contributed by atoms with van der Waals surface area (Å²) in [5.41, 5.74) is 0.829. The van der Waals surface area contributed by atoms with E-state index in [1.807, 2.05) is 17.5 Å². The lowest BCUT2D eigenvalue weighted by Gasteiger charge is -2.14. The van der Waals surface area contributed by atoms with Gasteiger partial charge in [-0.2, -0.15) is 5.10 Å². The number of anilines is 1. The van der Waals surface area contributed by atoms with Crippen LogP contribution in [0.1, 0.15) is 6.92 Å². The Labute approximate surface area is 150 Å². The molecule has 2 heterocycles. The van der Waals surface area contributed by atoms with Crippen molar-refractivity contribution in [1.29, 1.82) is 0 Å². The maximum Gasteiger partial charge on any atom is 0.266 e. The van der Waals surface area contributed by atoms with Crippen molar-refractivity contribution in [2.24, 2.45) is 0 Å². The first-order chi connectivity index (χ1) is 11.5. The lowest BCUT2D eigenvalue weighted by molar-refractivity contribution is -0.122. The molecule has 8 heteroatoms. The molecule has 0 fully saturated rings. The van der Waals surface area contributed by atoms with Gasteiger partial charge in [0.05, 0.1) is 15.0 Å². The minimum absolute atomic E-state index is 0.351. The Morgan fingerprint density at radius 1 is 1.42 bits per heavy atom. The summed E-state index contributed by atoms with van der Waals surface area (Å²) in [5, 5.41) is 11.6. The van der Waals surface area contributed by atoms with Gasteiger partial charge in [-0.15, -0.1) is 11.3 Å². The van der Waals surface area contributed by atoms with Gasteiger partial charge in [-0.3, -0.25) is 9.89 Å². The monoisotopic (exact) mass is 409 g/mol. The van der Waals surface area contributed by atoms with Crippen molar-refractivity contribution >= 4 is 39.0 Å². The second-order valence-electron chi connectivity index (χ2n) is 4.97. The fourth-order valence-electron chi connectivity index (χ4n) is 1.99. The van der Waals surface area contributed by atoms with Gasteiger partial charge in [-0.1, -0.05) is 6.07 Å². The highest BCUT2D eigenvalue weighted by molar-refractivity contribution is 9.10. The summed E-state index contributed by atoms with van der Waals surface area (Å²) in [6.45, 7) is 1.61. The van der Waals surface area contributed by atoms with Crippen LogP contribution in [0.4, 0.5) is 10.2 Å². The second-order valence-corrected chi connectivity index (χ2v) is 6.77. The van der Waals surface area contributed by atoms with E-state index in [0.29, 0.717) is 16.0 Å². The number of benzene rings is 1. The van der Waals surface area contributed by atoms with Crippen molar-refractivity contribution in [3.8, 4) is 16.3 Å². The molecule has 0 spiro atoms. The molecule has 0 saturated carbocycles. The van der Waals surface area contributed by atoms with E-state index in [2.05, 4.69) is 31.4 Å². The van der Waals surface area contributed by atoms with Gasteiger partial charge >= 0.3 is 0 Å². The number of hydrogen-bond donors (Lipinski definition) is 2. The number of nitrogens with zero attached hydrogens (tertiary/aromatic N) is 1. The van der Waals surface area contributed by atoms with Gasteiger partial charge in [0.1, 0.15) is 11.6 Å². The average molecular weight is 410 g/mol. The number of ether oxygens (including phenoxy) is 1. The van der Waals surface area contributed by atoms with E-state index in [1.54, 1.807) is 24.3 Å². The number of nitrogens with one attached hydrogen (secondary N) is 2. The van der Waals surface area contributed by atoms with E-state index < -0.39 is 6.10 Å².